The number of aryl methyl sites for hydroxylation is 1. The fraction of sp³-hybridized carbons (Fsp3) is 0.333. The number of ether oxygens (including phenoxy) is 2. The van der Waals surface area contributed by atoms with E-state index in [0.717, 1.165) is 29.2 Å². The first kappa shape index (κ1) is 17.4. The maximum Gasteiger partial charge on any atom is 0.227 e. The average Bonchev–Trinajstić information content (AvgIpc) is 3.12. The summed E-state index contributed by atoms with van der Waals surface area (Å²) in [7, 11) is 0. The van der Waals surface area contributed by atoms with Gasteiger partial charge in [0.15, 0.2) is 11.5 Å². The van der Waals surface area contributed by atoms with Crippen LogP contribution in [-0.4, -0.2) is 31.6 Å². The first-order valence-electron chi connectivity index (χ1n) is 9.28. The van der Waals surface area contributed by atoms with Gasteiger partial charge in [-0.1, -0.05) is 18.2 Å². The van der Waals surface area contributed by atoms with Gasteiger partial charge in [-0.2, -0.15) is 0 Å². The molecule has 2 aromatic carbocycles. The third kappa shape index (κ3) is 3.89. The molecule has 0 spiro atoms. The van der Waals surface area contributed by atoms with Crippen molar-refractivity contribution in [2.45, 2.75) is 25.7 Å². The average molecular weight is 366 g/mol. The highest BCUT2D eigenvalue weighted by Gasteiger charge is 2.24. The zero-order chi connectivity index (χ0) is 18.6. The van der Waals surface area contributed by atoms with Crippen LogP contribution in [0.5, 0.6) is 11.5 Å². The van der Waals surface area contributed by atoms with Gasteiger partial charge in [0, 0.05) is 19.4 Å². The van der Waals surface area contributed by atoms with Crippen LogP contribution >= 0.6 is 0 Å². The van der Waals surface area contributed by atoms with E-state index in [0.29, 0.717) is 44.7 Å². The minimum Gasteiger partial charge on any atom is -0.486 e. The van der Waals surface area contributed by atoms with Gasteiger partial charge in [-0.05, 0) is 42.7 Å². The van der Waals surface area contributed by atoms with E-state index in [1.807, 2.05) is 42.5 Å². The van der Waals surface area contributed by atoms with Gasteiger partial charge in [-0.15, -0.1) is 0 Å². The predicted octanol–water partition coefficient (Wildman–Crippen LogP) is 3.16. The Balaban J connectivity index is 1.39. The number of hydrogen-bond acceptors (Lipinski definition) is 4. The molecular formula is C21H22N2O4. The number of amides is 2. The Morgan fingerprint density at radius 3 is 2.70 bits per heavy atom. The van der Waals surface area contributed by atoms with Gasteiger partial charge in [-0.3, -0.25) is 9.59 Å². The molecule has 0 radical (unpaired) electrons. The lowest BCUT2D eigenvalue weighted by molar-refractivity contribution is -0.117. The number of carbonyl (C=O) groups excluding carboxylic acids is 2. The van der Waals surface area contributed by atoms with Crippen molar-refractivity contribution in [1.29, 1.82) is 0 Å². The summed E-state index contributed by atoms with van der Waals surface area (Å²) < 4.78 is 11.1. The number of nitrogens with zero attached hydrogens (tertiary/aromatic N) is 1. The Morgan fingerprint density at radius 1 is 1.07 bits per heavy atom. The quantitative estimate of drug-likeness (QED) is 0.883. The minimum absolute atomic E-state index is 0.0796. The summed E-state index contributed by atoms with van der Waals surface area (Å²) in [5.41, 5.74) is 2.48. The van der Waals surface area contributed by atoms with Crippen molar-refractivity contribution in [3.05, 3.63) is 48.0 Å². The Kier molecular flexibility index (Phi) is 4.96. The molecule has 140 valence electrons. The molecule has 4 rings (SSSR count). The number of hydrogen-bond donors (Lipinski definition) is 1. The van der Waals surface area contributed by atoms with E-state index in [1.165, 1.54) is 0 Å². The van der Waals surface area contributed by atoms with E-state index >= 15 is 0 Å². The molecule has 0 saturated carbocycles. The third-order valence-corrected chi connectivity index (χ3v) is 4.79. The summed E-state index contributed by atoms with van der Waals surface area (Å²) in [4.78, 5) is 26.2. The topological polar surface area (TPSA) is 67.9 Å². The standard InChI is InChI=1S/C21H22N2O4/c24-20(10-8-15-7-9-18-19(14-15)27-13-12-26-18)22-16-4-1-2-5-17(16)23-11-3-6-21(23)25/h1-2,4-5,7,9,14H,3,6,8,10-13H2,(H,22,24). The van der Waals surface area contributed by atoms with E-state index in [9.17, 15) is 9.59 Å². The van der Waals surface area contributed by atoms with Crippen molar-refractivity contribution in [2.24, 2.45) is 0 Å². The molecule has 0 atom stereocenters. The van der Waals surface area contributed by atoms with E-state index in [2.05, 4.69) is 5.32 Å². The van der Waals surface area contributed by atoms with Crippen LogP contribution in [0.3, 0.4) is 0 Å². The molecule has 0 bridgehead atoms. The molecule has 2 aliphatic rings. The van der Waals surface area contributed by atoms with Crippen LogP contribution < -0.4 is 19.7 Å². The van der Waals surface area contributed by atoms with Crippen LogP contribution in [0.15, 0.2) is 42.5 Å². The predicted molar refractivity (Wildman–Crippen MR) is 102 cm³/mol. The van der Waals surface area contributed by atoms with E-state index in [4.69, 9.17) is 9.47 Å². The van der Waals surface area contributed by atoms with E-state index < -0.39 is 0 Å². The smallest absolute Gasteiger partial charge is 0.227 e. The van der Waals surface area contributed by atoms with Gasteiger partial charge >= 0.3 is 0 Å². The lowest BCUT2D eigenvalue weighted by Crippen LogP contribution is -2.25. The minimum atomic E-state index is -0.0796. The molecular weight excluding hydrogens is 344 g/mol. The fourth-order valence-electron chi connectivity index (χ4n) is 3.43. The molecule has 0 aromatic heterocycles. The summed E-state index contributed by atoms with van der Waals surface area (Å²) in [5, 5.41) is 2.95. The molecule has 0 unspecified atom stereocenters. The summed E-state index contributed by atoms with van der Waals surface area (Å²) in [5.74, 6) is 1.51. The number of fused-ring (bicyclic) bond motifs is 1. The highest BCUT2D eigenvalue weighted by Crippen LogP contribution is 2.32. The Hall–Kier alpha value is -3.02. The van der Waals surface area contributed by atoms with Crippen molar-refractivity contribution >= 4 is 23.2 Å². The summed E-state index contributed by atoms with van der Waals surface area (Å²) in [6.07, 6.45) is 2.37. The number of nitrogens with one attached hydrogen (secondary N) is 1. The van der Waals surface area contributed by atoms with Gasteiger partial charge in [0.25, 0.3) is 0 Å². The maximum absolute atomic E-state index is 12.5. The van der Waals surface area contributed by atoms with Crippen LogP contribution in [0.1, 0.15) is 24.8 Å². The molecule has 6 heteroatoms. The summed E-state index contributed by atoms with van der Waals surface area (Å²) in [6.45, 7) is 1.81. The van der Waals surface area contributed by atoms with Crippen LogP contribution in [0, 0.1) is 0 Å². The SMILES string of the molecule is O=C(CCc1ccc2c(c1)OCCO2)Nc1ccccc1N1CCCC1=O. The number of benzene rings is 2. The van der Waals surface area contributed by atoms with E-state index in [-0.39, 0.29) is 11.8 Å². The largest absolute Gasteiger partial charge is 0.486 e. The third-order valence-electron chi connectivity index (χ3n) is 4.79. The van der Waals surface area contributed by atoms with Crippen molar-refractivity contribution < 1.29 is 19.1 Å². The Bertz CT molecular complexity index is 865. The van der Waals surface area contributed by atoms with Crippen LogP contribution in [-0.2, 0) is 16.0 Å². The van der Waals surface area contributed by atoms with Crippen molar-refractivity contribution in [3.63, 3.8) is 0 Å². The molecule has 6 nitrogen and oxygen atoms in total. The first-order valence-corrected chi connectivity index (χ1v) is 9.28. The molecule has 27 heavy (non-hydrogen) atoms. The second-order valence-corrected chi connectivity index (χ2v) is 6.69. The van der Waals surface area contributed by atoms with Gasteiger partial charge in [0.2, 0.25) is 11.8 Å². The van der Waals surface area contributed by atoms with Gasteiger partial charge < -0.3 is 19.7 Å². The monoisotopic (exact) mass is 366 g/mol. The Morgan fingerprint density at radius 2 is 1.89 bits per heavy atom. The molecule has 1 fully saturated rings. The zero-order valence-corrected chi connectivity index (χ0v) is 15.1. The number of carbonyl (C=O) groups is 2. The fourth-order valence-corrected chi connectivity index (χ4v) is 3.43. The number of para-hydroxylation sites is 2. The molecule has 1 N–H and O–H groups in total. The molecule has 1 saturated heterocycles. The van der Waals surface area contributed by atoms with Crippen molar-refractivity contribution in [2.75, 3.05) is 30.0 Å². The highest BCUT2D eigenvalue weighted by molar-refractivity contribution is 6.02. The second kappa shape index (κ2) is 7.70. The lowest BCUT2D eigenvalue weighted by atomic mass is 10.1. The van der Waals surface area contributed by atoms with Crippen LogP contribution in [0.4, 0.5) is 11.4 Å². The molecule has 2 aromatic rings. The summed E-state index contributed by atoms with van der Waals surface area (Å²) in [6, 6.07) is 13.2. The molecule has 2 heterocycles. The number of rotatable bonds is 5. The molecule has 2 aliphatic heterocycles. The maximum atomic E-state index is 12.5. The second-order valence-electron chi connectivity index (χ2n) is 6.69. The Labute approximate surface area is 158 Å². The number of anilines is 2. The van der Waals surface area contributed by atoms with Gasteiger partial charge in [0.1, 0.15) is 13.2 Å². The normalized spacial score (nSPS) is 15.7. The van der Waals surface area contributed by atoms with Gasteiger partial charge in [0.05, 0.1) is 11.4 Å². The van der Waals surface area contributed by atoms with E-state index in [1.54, 1.807) is 4.90 Å². The molecule has 2 amide bonds. The van der Waals surface area contributed by atoms with Crippen LogP contribution in [0.2, 0.25) is 0 Å². The summed E-state index contributed by atoms with van der Waals surface area (Å²) >= 11 is 0. The van der Waals surface area contributed by atoms with Gasteiger partial charge in [-0.25, -0.2) is 0 Å². The van der Waals surface area contributed by atoms with Crippen molar-refractivity contribution in [3.8, 4) is 11.5 Å². The molecule has 0 aliphatic carbocycles. The first-order chi connectivity index (χ1) is 13.2. The lowest BCUT2D eigenvalue weighted by Gasteiger charge is -2.20. The van der Waals surface area contributed by atoms with Crippen molar-refractivity contribution in [1.82, 2.24) is 0 Å². The zero-order valence-electron chi connectivity index (χ0n) is 15.1. The highest BCUT2D eigenvalue weighted by atomic mass is 16.6. The van der Waals surface area contributed by atoms with Crippen LogP contribution in [0.25, 0.3) is 0 Å².